The molecule has 0 amide bonds. The molecule has 0 radical (unpaired) electrons. The Balaban J connectivity index is 0.00000176. The number of methoxy groups -OCH3 is 1. The molecule has 1 unspecified atom stereocenters. The molecular weight excluding hydrogens is 298 g/mol. The lowest BCUT2D eigenvalue weighted by atomic mass is 10.0. The first-order chi connectivity index (χ1) is 10.4. The highest BCUT2D eigenvalue weighted by Crippen LogP contribution is 2.28. The van der Waals surface area contributed by atoms with Gasteiger partial charge in [0.2, 0.25) is 0 Å². The molecule has 1 aromatic carbocycles. The van der Waals surface area contributed by atoms with Crippen LogP contribution < -0.4 is 15.0 Å². The van der Waals surface area contributed by atoms with Crippen molar-refractivity contribution in [1.29, 1.82) is 0 Å². The number of rotatable bonds is 5. The summed E-state index contributed by atoms with van der Waals surface area (Å²) in [6.07, 6.45) is 2.71. The fraction of sp³-hybridized carbons (Fsp3) is 0.647. The molecule has 2 heterocycles. The van der Waals surface area contributed by atoms with Gasteiger partial charge in [0, 0.05) is 26.2 Å². The first-order valence-corrected chi connectivity index (χ1v) is 8.18. The van der Waals surface area contributed by atoms with Crippen molar-refractivity contribution in [1.82, 2.24) is 10.2 Å². The van der Waals surface area contributed by atoms with Crippen molar-refractivity contribution in [2.75, 3.05) is 57.8 Å². The lowest BCUT2D eigenvalue weighted by molar-refractivity contribution is 0.240. The molecule has 0 spiro atoms. The number of halogens is 1. The van der Waals surface area contributed by atoms with Crippen molar-refractivity contribution >= 4 is 18.1 Å². The molecule has 2 aliphatic rings. The van der Waals surface area contributed by atoms with E-state index in [0.29, 0.717) is 0 Å². The van der Waals surface area contributed by atoms with Crippen molar-refractivity contribution in [2.24, 2.45) is 5.92 Å². The summed E-state index contributed by atoms with van der Waals surface area (Å²) in [5.41, 5.74) is 1.24. The second kappa shape index (κ2) is 8.61. The largest absolute Gasteiger partial charge is 0.495 e. The maximum Gasteiger partial charge on any atom is 0.142 e. The van der Waals surface area contributed by atoms with Gasteiger partial charge in [0.15, 0.2) is 0 Å². The number of piperazine rings is 1. The molecule has 5 heteroatoms. The van der Waals surface area contributed by atoms with E-state index >= 15 is 0 Å². The summed E-state index contributed by atoms with van der Waals surface area (Å²) < 4.78 is 5.48. The molecule has 0 aliphatic carbocycles. The molecule has 2 saturated heterocycles. The smallest absolute Gasteiger partial charge is 0.142 e. The van der Waals surface area contributed by atoms with Crippen molar-refractivity contribution in [3.05, 3.63) is 24.3 Å². The van der Waals surface area contributed by atoms with Gasteiger partial charge in [-0.2, -0.15) is 0 Å². The zero-order valence-electron chi connectivity index (χ0n) is 13.5. The highest BCUT2D eigenvalue weighted by molar-refractivity contribution is 5.85. The van der Waals surface area contributed by atoms with Gasteiger partial charge in [0.25, 0.3) is 0 Å². The number of nitrogens with zero attached hydrogens (tertiary/aromatic N) is 2. The number of nitrogens with one attached hydrogen (secondary N) is 1. The fourth-order valence-electron chi connectivity index (χ4n) is 3.43. The van der Waals surface area contributed by atoms with Crippen LogP contribution in [0.25, 0.3) is 0 Å². The first-order valence-electron chi connectivity index (χ1n) is 8.18. The third kappa shape index (κ3) is 4.28. The monoisotopic (exact) mass is 325 g/mol. The van der Waals surface area contributed by atoms with Crippen LogP contribution in [0.15, 0.2) is 24.3 Å². The van der Waals surface area contributed by atoms with Crippen LogP contribution in [0.3, 0.4) is 0 Å². The number of benzene rings is 1. The average molecular weight is 326 g/mol. The lowest BCUT2D eigenvalue weighted by Crippen LogP contribution is -2.47. The maximum atomic E-state index is 5.48. The Kier molecular flexibility index (Phi) is 6.80. The normalized spacial score (nSPS) is 22.4. The predicted molar refractivity (Wildman–Crippen MR) is 94.5 cm³/mol. The Morgan fingerprint density at radius 1 is 1.18 bits per heavy atom. The van der Waals surface area contributed by atoms with E-state index in [1.807, 2.05) is 6.07 Å². The number of anilines is 1. The summed E-state index contributed by atoms with van der Waals surface area (Å²) >= 11 is 0. The maximum absolute atomic E-state index is 5.48. The first kappa shape index (κ1) is 17.4. The van der Waals surface area contributed by atoms with Gasteiger partial charge < -0.3 is 15.0 Å². The highest BCUT2D eigenvalue weighted by Gasteiger charge is 2.21. The van der Waals surface area contributed by atoms with Crippen LogP contribution in [0, 0.1) is 5.92 Å². The van der Waals surface area contributed by atoms with Gasteiger partial charge in [0.05, 0.1) is 12.8 Å². The van der Waals surface area contributed by atoms with Crippen LogP contribution >= 0.6 is 12.4 Å². The third-order valence-electron chi connectivity index (χ3n) is 4.81. The van der Waals surface area contributed by atoms with E-state index in [9.17, 15) is 0 Å². The Morgan fingerprint density at radius 2 is 1.95 bits per heavy atom. The van der Waals surface area contributed by atoms with Gasteiger partial charge in [-0.1, -0.05) is 12.1 Å². The second-order valence-electron chi connectivity index (χ2n) is 6.15. The summed E-state index contributed by atoms with van der Waals surface area (Å²) in [5, 5.41) is 3.46. The Bertz CT molecular complexity index is 443. The summed E-state index contributed by atoms with van der Waals surface area (Å²) in [7, 11) is 1.75. The molecule has 124 valence electrons. The van der Waals surface area contributed by atoms with Crippen LogP contribution in [0.2, 0.25) is 0 Å². The van der Waals surface area contributed by atoms with Gasteiger partial charge in [-0.25, -0.2) is 0 Å². The average Bonchev–Trinajstić information content (AvgIpc) is 3.07. The van der Waals surface area contributed by atoms with Crippen LogP contribution in [0.4, 0.5) is 5.69 Å². The van der Waals surface area contributed by atoms with Crippen LogP contribution in [-0.2, 0) is 0 Å². The summed E-state index contributed by atoms with van der Waals surface area (Å²) in [5.74, 6) is 1.89. The zero-order chi connectivity index (χ0) is 14.5. The quantitative estimate of drug-likeness (QED) is 0.898. The van der Waals surface area contributed by atoms with E-state index in [4.69, 9.17) is 4.74 Å². The third-order valence-corrected chi connectivity index (χ3v) is 4.81. The van der Waals surface area contributed by atoms with Gasteiger partial charge in [-0.3, -0.25) is 4.90 Å². The Hall–Kier alpha value is -0.970. The molecule has 2 aliphatic heterocycles. The van der Waals surface area contributed by atoms with Gasteiger partial charge in [0.1, 0.15) is 5.75 Å². The lowest BCUT2D eigenvalue weighted by Gasteiger charge is -2.37. The molecule has 3 rings (SSSR count). The second-order valence-corrected chi connectivity index (χ2v) is 6.15. The van der Waals surface area contributed by atoms with Gasteiger partial charge >= 0.3 is 0 Å². The molecule has 4 nitrogen and oxygen atoms in total. The van der Waals surface area contributed by atoms with Crippen molar-refractivity contribution in [3.63, 3.8) is 0 Å². The Morgan fingerprint density at radius 3 is 2.64 bits per heavy atom. The number of hydrogen-bond donors (Lipinski definition) is 1. The van der Waals surface area contributed by atoms with Crippen molar-refractivity contribution < 1.29 is 4.74 Å². The number of para-hydroxylation sites is 2. The van der Waals surface area contributed by atoms with E-state index in [0.717, 1.165) is 37.8 Å². The summed E-state index contributed by atoms with van der Waals surface area (Å²) in [4.78, 5) is 5.07. The molecule has 1 atom stereocenters. The van der Waals surface area contributed by atoms with E-state index in [1.54, 1.807) is 7.11 Å². The van der Waals surface area contributed by atoms with Gasteiger partial charge in [-0.05, 0) is 50.5 Å². The highest BCUT2D eigenvalue weighted by atomic mass is 35.5. The van der Waals surface area contributed by atoms with E-state index in [-0.39, 0.29) is 12.4 Å². The molecule has 2 fully saturated rings. The van der Waals surface area contributed by atoms with Gasteiger partial charge in [-0.15, -0.1) is 12.4 Å². The topological polar surface area (TPSA) is 27.7 Å². The number of hydrogen-bond acceptors (Lipinski definition) is 4. The SMILES string of the molecule is COc1ccccc1N1CCN(CCC2CCNC2)CC1.Cl. The summed E-state index contributed by atoms with van der Waals surface area (Å²) in [6.45, 7) is 8.22. The predicted octanol–water partition coefficient (Wildman–Crippen LogP) is 2.24. The summed E-state index contributed by atoms with van der Waals surface area (Å²) in [6, 6.07) is 8.35. The number of ether oxygens (including phenoxy) is 1. The van der Waals surface area contributed by atoms with Crippen LogP contribution in [0.1, 0.15) is 12.8 Å². The minimum Gasteiger partial charge on any atom is -0.495 e. The van der Waals surface area contributed by atoms with Crippen LogP contribution in [-0.4, -0.2) is 57.8 Å². The molecule has 0 aromatic heterocycles. The van der Waals surface area contributed by atoms with Crippen LogP contribution in [0.5, 0.6) is 5.75 Å². The van der Waals surface area contributed by atoms with Crippen molar-refractivity contribution in [3.8, 4) is 5.75 Å². The molecule has 0 saturated carbocycles. The van der Waals surface area contributed by atoms with E-state index in [1.165, 1.54) is 38.2 Å². The van der Waals surface area contributed by atoms with Crippen molar-refractivity contribution in [2.45, 2.75) is 12.8 Å². The molecule has 22 heavy (non-hydrogen) atoms. The molecular formula is C17H28ClN3O. The van der Waals surface area contributed by atoms with E-state index in [2.05, 4.69) is 33.3 Å². The fourth-order valence-corrected chi connectivity index (χ4v) is 3.43. The van der Waals surface area contributed by atoms with E-state index < -0.39 is 0 Å². The standard InChI is InChI=1S/C17H27N3O.ClH/c1-21-17-5-3-2-4-16(17)20-12-10-19(11-13-20)9-7-15-6-8-18-14-15;/h2-5,15,18H,6-14H2,1H3;1H. The minimum atomic E-state index is 0. The minimum absolute atomic E-state index is 0. The molecule has 1 N–H and O–H groups in total. The molecule has 0 bridgehead atoms. The zero-order valence-corrected chi connectivity index (χ0v) is 14.3. The molecule has 1 aromatic rings. The Labute approximate surface area is 140 Å².